The van der Waals surface area contributed by atoms with E-state index in [1.54, 1.807) is 0 Å². The number of aliphatic carboxylic acids is 1. The van der Waals surface area contributed by atoms with Crippen LogP contribution in [-0.4, -0.2) is 23.0 Å². The lowest BCUT2D eigenvalue weighted by molar-refractivity contribution is -0.137. The summed E-state index contributed by atoms with van der Waals surface area (Å²) in [7, 11) is 0. The first-order chi connectivity index (χ1) is 9.38. The fourth-order valence-electron chi connectivity index (χ4n) is 1.34. The molecule has 0 saturated heterocycles. The summed E-state index contributed by atoms with van der Waals surface area (Å²) in [5.74, 6) is -2.14. The molecular formula is C12H12BrFN2O4. The molecule has 8 heteroatoms. The molecule has 1 aromatic rings. The molecule has 1 aromatic carbocycles. The zero-order chi connectivity index (χ0) is 15.1. The molecule has 0 radical (unpaired) electrons. The van der Waals surface area contributed by atoms with Crippen LogP contribution in [0, 0.1) is 5.82 Å². The Hall–Kier alpha value is -1.96. The van der Waals surface area contributed by atoms with Crippen molar-refractivity contribution in [3.8, 4) is 0 Å². The molecule has 108 valence electrons. The number of imide groups is 1. The number of halogens is 2. The number of carboxylic acid groups (broad SMARTS) is 1. The topological polar surface area (TPSA) is 95.5 Å². The quantitative estimate of drug-likeness (QED) is 0.763. The Bertz CT molecular complexity index is 536. The van der Waals surface area contributed by atoms with Gasteiger partial charge >= 0.3 is 12.0 Å². The van der Waals surface area contributed by atoms with E-state index in [-0.39, 0.29) is 24.9 Å². The van der Waals surface area contributed by atoms with Crippen molar-refractivity contribution in [2.45, 2.75) is 19.3 Å². The molecular weight excluding hydrogens is 335 g/mol. The second-order valence-electron chi connectivity index (χ2n) is 3.87. The van der Waals surface area contributed by atoms with Gasteiger partial charge in [-0.1, -0.05) is 0 Å². The molecule has 3 N–H and O–H groups in total. The van der Waals surface area contributed by atoms with Crippen LogP contribution < -0.4 is 10.6 Å². The molecule has 0 aromatic heterocycles. The van der Waals surface area contributed by atoms with E-state index in [1.165, 1.54) is 12.1 Å². The van der Waals surface area contributed by atoms with Gasteiger partial charge < -0.3 is 10.4 Å². The summed E-state index contributed by atoms with van der Waals surface area (Å²) in [6.07, 6.45) is -0.0906. The third-order valence-electron chi connectivity index (χ3n) is 2.22. The van der Waals surface area contributed by atoms with Crippen LogP contribution in [0.2, 0.25) is 0 Å². The predicted molar refractivity (Wildman–Crippen MR) is 72.7 cm³/mol. The highest BCUT2D eigenvalue weighted by atomic mass is 79.9. The SMILES string of the molecule is O=C(O)CCCC(=O)NC(=O)Nc1cc(F)ccc1Br. The van der Waals surface area contributed by atoms with Gasteiger partial charge in [0.05, 0.1) is 5.69 Å². The molecule has 0 aliphatic rings. The third kappa shape index (κ3) is 5.79. The molecule has 0 atom stereocenters. The molecule has 1 rings (SSSR count). The average Bonchev–Trinajstić information content (AvgIpc) is 2.33. The van der Waals surface area contributed by atoms with Gasteiger partial charge in [-0.2, -0.15) is 0 Å². The van der Waals surface area contributed by atoms with Gasteiger partial charge in [-0.25, -0.2) is 9.18 Å². The van der Waals surface area contributed by atoms with Gasteiger partial charge in [-0.05, 0) is 40.5 Å². The van der Waals surface area contributed by atoms with Crippen molar-refractivity contribution in [3.63, 3.8) is 0 Å². The van der Waals surface area contributed by atoms with Crippen molar-refractivity contribution in [2.24, 2.45) is 0 Å². The van der Waals surface area contributed by atoms with Gasteiger partial charge in [-0.3, -0.25) is 14.9 Å². The second kappa shape index (κ2) is 7.59. The Morgan fingerprint density at radius 3 is 2.60 bits per heavy atom. The fourth-order valence-corrected chi connectivity index (χ4v) is 1.68. The van der Waals surface area contributed by atoms with Gasteiger partial charge in [0.2, 0.25) is 5.91 Å². The number of urea groups is 1. The van der Waals surface area contributed by atoms with Gasteiger partial charge in [-0.15, -0.1) is 0 Å². The summed E-state index contributed by atoms with van der Waals surface area (Å²) in [6.45, 7) is 0. The van der Waals surface area contributed by atoms with Crippen molar-refractivity contribution in [2.75, 3.05) is 5.32 Å². The lowest BCUT2D eigenvalue weighted by Crippen LogP contribution is -2.34. The average molecular weight is 347 g/mol. The number of hydrogen-bond acceptors (Lipinski definition) is 3. The van der Waals surface area contributed by atoms with Crippen LogP contribution in [0.25, 0.3) is 0 Å². The smallest absolute Gasteiger partial charge is 0.325 e. The molecule has 6 nitrogen and oxygen atoms in total. The van der Waals surface area contributed by atoms with Gasteiger partial charge in [0.1, 0.15) is 5.82 Å². The number of benzene rings is 1. The minimum atomic E-state index is -1.01. The summed E-state index contributed by atoms with van der Waals surface area (Å²) < 4.78 is 13.5. The first kappa shape index (κ1) is 16.1. The number of carbonyl (C=O) groups is 3. The Morgan fingerprint density at radius 2 is 1.95 bits per heavy atom. The normalized spacial score (nSPS) is 9.90. The van der Waals surface area contributed by atoms with Crippen molar-refractivity contribution >= 4 is 39.5 Å². The standard InChI is InChI=1S/C12H12BrFN2O4/c13-8-5-4-7(14)6-9(8)15-12(20)16-10(17)2-1-3-11(18)19/h4-6H,1-3H2,(H,18,19)(H2,15,16,17,20). The fraction of sp³-hybridized carbons (Fsp3) is 0.250. The minimum absolute atomic E-state index is 0.0793. The lowest BCUT2D eigenvalue weighted by Gasteiger charge is -2.08. The zero-order valence-electron chi connectivity index (χ0n) is 10.3. The van der Waals surface area contributed by atoms with Crippen molar-refractivity contribution in [1.29, 1.82) is 0 Å². The van der Waals surface area contributed by atoms with E-state index in [9.17, 15) is 18.8 Å². The first-order valence-electron chi connectivity index (χ1n) is 5.66. The molecule has 0 bridgehead atoms. The van der Waals surface area contributed by atoms with E-state index in [4.69, 9.17) is 5.11 Å². The van der Waals surface area contributed by atoms with E-state index in [2.05, 4.69) is 21.2 Å². The molecule has 0 aliphatic carbocycles. The van der Waals surface area contributed by atoms with Crippen molar-refractivity contribution < 1.29 is 23.9 Å². The zero-order valence-corrected chi connectivity index (χ0v) is 11.9. The minimum Gasteiger partial charge on any atom is -0.481 e. The largest absolute Gasteiger partial charge is 0.481 e. The Kier molecular flexibility index (Phi) is 6.10. The van der Waals surface area contributed by atoms with Crippen LogP contribution in [0.15, 0.2) is 22.7 Å². The molecule has 20 heavy (non-hydrogen) atoms. The highest BCUT2D eigenvalue weighted by Gasteiger charge is 2.10. The molecule has 0 fully saturated rings. The number of carboxylic acids is 1. The van der Waals surface area contributed by atoms with Gasteiger partial charge in [0.25, 0.3) is 0 Å². The molecule has 0 heterocycles. The molecule has 0 saturated carbocycles. The summed E-state index contributed by atoms with van der Waals surface area (Å²) in [5.41, 5.74) is 0.181. The Labute approximate surface area is 122 Å². The monoisotopic (exact) mass is 346 g/mol. The van der Waals surface area contributed by atoms with E-state index >= 15 is 0 Å². The lowest BCUT2D eigenvalue weighted by atomic mass is 10.2. The maximum Gasteiger partial charge on any atom is 0.325 e. The van der Waals surface area contributed by atoms with Crippen molar-refractivity contribution in [1.82, 2.24) is 5.32 Å². The maximum absolute atomic E-state index is 13.0. The van der Waals surface area contributed by atoms with E-state index in [0.29, 0.717) is 4.47 Å². The van der Waals surface area contributed by atoms with Crippen LogP contribution in [0.3, 0.4) is 0 Å². The van der Waals surface area contributed by atoms with Crippen LogP contribution in [-0.2, 0) is 9.59 Å². The first-order valence-corrected chi connectivity index (χ1v) is 6.45. The molecule has 3 amide bonds. The molecule has 0 unspecified atom stereocenters. The third-order valence-corrected chi connectivity index (χ3v) is 2.92. The predicted octanol–water partition coefficient (Wildman–Crippen LogP) is 2.49. The van der Waals surface area contributed by atoms with E-state index in [1.807, 2.05) is 5.32 Å². The van der Waals surface area contributed by atoms with Gasteiger partial charge in [0.15, 0.2) is 0 Å². The van der Waals surface area contributed by atoms with Crippen molar-refractivity contribution in [3.05, 3.63) is 28.5 Å². The Balaban J connectivity index is 2.45. The number of nitrogens with one attached hydrogen (secondary N) is 2. The summed E-state index contributed by atoms with van der Waals surface area (Å²) >= 11 is 3.12. The number of hydrogen-bond donors (Lipinski definition) is 3. The molecule has 0 aliphatic heterocycles. The highest BCUT2D eigenvalue weighted by molar-refractivity contribution is 9.10. The summed E-state index contributed by atoms with van der Waals surface area (Å²) in [5, 5.41) is 12.7. The summed E-state index contributed by atoms with van der Waals surface area (Å²) in [6, 6.07) is 2.92. The number of carbonyl (C=O) groups excluding carboxylic acids is 2. The van der Waals surface area contributed by atoms with Gasteiger partial charge in [0, 0.05) is 17.3 Å². The van der Waals surface area contributed by atoms with Crippen LogP contribution in [0.4, 0.5) is 14.9 Å². The number of rotatable bonds is 5. The van der Waals surface area contributed by atoms with Crippen LogP contribution in [0.1, 0.15) is 19.3 Å². The maximum atomic E-state index is 13.0. The van der Waals surface area contributed by atoms with Crippen LogP contribution in [0.5, 0.6) is 0 Å². The number of anilines is 1. The van der Waals surface area contributed by atoms with E-state index in [0.717, 1.165) is 6.07 Å². The molecule has 0 spiro atoms. The van der Waals surface area contributed by atoms with E-state index < -0.39 is 23.7 Å². The van der Waals surface area contributed by atoms with Crippen LogP contribution >= 0.6 is 15.9 Å². The Morgan fingerprint density at radius 1 is 1.25 bits per heavy atom. The summed E-state index contributed by atoms with van der Waals surface area (Å²) in [4.78, 5) is 33.1. The highest BCUT2D eigenvalue weighted by Crippen LogP contribution is 2.22. The number of amides is 3. The second-order valence-corrected chi connectivity index (χ2v) is 4.73.